The summed E-state index contributed by atoms with van der Waals surface area (Å²) in [5.74, 6) is 0. The summed E-state index contributed by atoms with van der Waals surface area (Å²) in [6, 6.07) is 1.95. The topological polar surface area (TPSA) is 62.3 Å². The summed E-state index contributed by atoms with van der Waals surface area (Å²) in [5, 5.41) is 0. The molecule has 116 valence electrons. The SMILES string of the molecule is [B]c1nc2c(N)c(Br)c(Br)cc2n1CCOC1CCCCO1. The third kappa shape index (κ3) is 3.20. The third-order valence-corrected chi connectivity index (χ3v) is 5.77. The fourth-order valence-corrected chi connectivity index (χ4v) is 3.33. The number of hydrogen-bond donors (Lipinski definition) is 1. The number of halogens is 2. The van der Waals surface area contributed by atoms with E-state index in [1.54, 1.807) is 0 Å². The number of nitrogen functional groups attached to an aromatic ring is 1. The van der Waals surface area contributed by atoms with Crippen molar-refractivity contribution in [2.45, 2.75) is 32.1 Å². The number of anilines is 1. The Kier molecular flexibility index (Phi) is 5.12. The molecule has 1 aliphatic heterocycles. The van der Waals surface area contributed by atoms with Crippen LogP contribution < -0.4 is 11.5 Å². The molecule has 2 aromatic rings. The van der Waals surface area contributed by atoms with Crippen LogP contribution in [0.1, 0.15) is 19.3 Å². The number of benzene rings is 1. The molecular weight excluding hydrogens is 413 g/mol. The highest BCUT2D eigenvalue weighted by atomic mass is 79.9. The van der Waals surface area contributed by atoms with Crippen LogP contribution in [0.15, 0.2) is 15.0 Å². The molecule has 5 nitrogen and oxygen atoms in total. The van der Waals surface area contributed by atoms with Gasteiger partial charge in [-0.2, -0.15) is 0 Å². The molecule has 1 unspecified atom stereocenters. The number of rotatable bonds is 4. The van der Waals surface area contributed by atoms with Crippen LogP contribution in [0.25, 0.3) is 11.0 Å². The van der Waals surface area contributed by atoms with E-state index < -0.39 is 0 Å². The molecule has 1 aliphatic rings. The van der Waals surface area contributed by atoms with Crippen molar-refractivity contribution in [2.24, 2.45) is 0 Å². The van der Waals surface area contributed by atoms with E-state index in [9.17, 15) is 0 Å². The van der Waals surface area contributed by atoms with Crippen LogP contribution in [-0.2, 0) is 16.0 Å². The normalized spacial score (nSPS) is 18.9. The van der Waals surface area contributed by atoms with Gasteiger partial charge >= 0.3 is 0 Å². The largest absolute Gasteiger partial charge is 0.396 e. The van der Waals surface area contributed by atoms with Crippen LogP contribution in [-0.4, -0.2) is 36.9 Å². The molecule has 1 saturated heterocycles. The van der Waals surface area contributed by atoms with Crippen molar-refractivity contribution in [3.05, 3.63) is 15.0 Å². The molecular formula is C14H16BBr2N3O2. The molecule has 0 bridgehead atoms. The summed E-state index contributed by atoms with van der Waals surface area (Å²) in [6.45, 7) is 1.90. The lowest BCUT2D eigenvalue weighted by atomic mass is 10.1. The zero-order valence-corrected chi connectivity index (χ0v) is 15.2. The summed E-state index contributed by atoms with van der Waals surface area (Å²) in [6.07, 6.45) is 3.11. The molecule has 0 aliphatic carbocycles. The first-order valence-corrected chi connectivity index (χ1v) is 8.79. The number of nitrogens with zero attached hydrogens (tertiary/aromatic N) is 2. The van der Waals surface area contributed by atoms with Gasteiger partial charge in [0.05, 0.1) is 28.0 Å². The average molecular weight is 429 g/mol. The Bertz CT molecular complexity index is 687. The molecule has 2 heterocycles. The van der Waals surface area contributed by atoms with E-state index >= 15 is 0 Å². The fourth-order valence-electron chi connectivity index (χ4n) is 2.60. The number of aromatic nitrogens is 2. The lowest BCUT2D eigenvalue weighted by molar-refractivity contribution is -0.163. The maximum Gasteiger partial charge on any atom is 0.167 e. The molecule has 0 spiro atoms. The standard InChI is InChI=1S/C14H16BBr2N3O2/c15-14-19-13-9(7-8(16)11(17)12(13)18)20(14)4-6-22-10-3-1-2-5-21-10/h7,10H,1-6,18H2. The molecule has 1 fully saturated rings. The molecule has 0 amide bonds. The van der Waals surface area contributed by atoms with Crippen LogP contribution in [0.5, 0.6) is 0 Å². The quantitative estimate of drug-likeness (QED) is 0.600. The van der Waals surface area contributed by atoms with E-state index in [1.165, 1.54) is 0 Å². The minimum atomic E-state index is -0.101. The van der Waals surface area contributed by atoms with Crippen molar-refractivity contribution in [1.29, 1.82) is 0 Å². The lowest BCUT2D eigenvalue weighted by Crippen LogP contribution is -2.26. The second-order valence-electron chi connectivity index (χ2n) is 5.24. The Balaban J connectivity index is 1.77. The monoisotopic (exact) mass is 427 g/mol. The predicted molar refractivity (Wildman–Crippen MR) is 94.5 cm³/mol. The van der Waals surface area contributed by atoms with Gasteiger partial charge in [-0.1, -0.05) is 0 Å². The zero-order chi connectivity index (χ0) is 15.7. The van der Waals surface area contributed by atoms with E-state index in [1.807, 2.05) is 10.6 Å². The van der Waals surface area contributed by atoms with E-state index in [-0.39, 0.29) is 6.29 Å². The van der Waals surface area contributed by atoms with Crippen LogP contribution in [0, 0.1) is 0 Å². The van der Waals surface area contributed by atoms with Gasteiger partial charge < -0.3 is 19.8 Å². The smallest absolute Gasteiger partial charge is 0.167 e. The fraction of sp³-hybridized carbons (Fsp3) is 0.500. The molecule has 1 atom stereocenters. The van der Waals surface area contributed by atoms with Gasteiger partial charge in [-0.05, 0) is 57.2 Å². The second-order valence-corrected chi connectivity index (χ2v) is 6.89. The zero-order valence-electron chi connectivity index (χ0n) is 12.0. The maximum absolute atomic E-state index is 6.09. The van der Waals surface area contributed by atoms with Crippen molar-refractivity contribution >= 4 is 62.2 Å². The molecule has 0 saturated carbocycles. The summed E-state index contributed by atoms with van der Waals surface area (Å²) < 4.78 is 14.9. The van der Waals surface area contributed by atoms with Crippen molar-refractivity contribution < 1.29 is 9.47 Å². The van der Waals surface area contributed by atoms with Gasteiger partial charge in [-0.25, -0.2) is 4.98 Å². The van der Waals surface area contributed by atoms with Gasteiger partial charge in [0.25, 0.3) is 0 Å². The van der Waals surface area contributed by atoms with Gasteiger partial charge in [0.15, 0.2) is 14.1 Å². The first-order chi connectivity index (χ1) is 10.6. The van der Waals surface area contributed by atoms with Crippen molar-refractivity contribution in [2.75, 3.05) is 18.9 Å². The van der Waals surface area contributed by atoms with Gasteiger partial charge in [-0.3, -0.25) is 0 Å². The minimum absolute atomic E-state index is 0.101. The first-order valence-electron chi connectivity index (χ1n) is 7.20. The molecule has 3 rings (SSSR count). The van der Waals surface area contributed by atoms with E-state index in [0.717, 1.165) is 40.3 Å². The van der Waals surface area contributed by atoms with E-state index in [0.29, 0.717) is 30.1 Å². The Morgan fingerprint density at radius 1 is 1.45 bits per heavy atom. The Morgan fingerprint density at radius 3 is 3.00 bits per heavy atom. The third-order valence-electron chi connectivity index (χ3n) is 3.76. The molecule has 2 N–H and O–H groups in total. The second kappa shape index (κ2) is 6.90. The maximum atomic E-state index is 6.09. The summed E-state index contributed by atoms with van der Waals surface area (Å²) in [7, 11) is 6.02. The van der Waals surface area contributed by atoms with Crippen LogP contribution in [0.2, 0.25) is 0 Å². The van der Waals surface area contributed by atoms with Crippen molar-refractivity contribution in [1.82, 2.24) is 9.55 Å². The number of nitrogens with two attached hydrogens (primary N) is 1. The molecule has 1 aromatic heterocycles. The highest BCUT2D eigenvalue weighted by Crippen LogP contribution is 2.34. The van der Waals surface area contributed by atoms with Gasteiger partial charge in [0.1, 0.15) is 5.52 Å². The van der Waals surface area contributed by atoms with E-state index in [4.69, 9.17) is 23.1 Å². The van der Waals surface area contributed by atoms with Gasteiger partial charge in [0, 0.05) is 17.6 Å². The average Bonchev–Trinajstić information content (AvgIpc) is 2.83. The Hall–Kier alpha value is -0.565. The predicted octanol–water partition coefficient (Wildman–Crippen LogP) is 2.48. The number of fused-ring (bicyclic) bond motifs is 1. The molecule has 1 aromatic carbocycles. The number of hydrogen-bond acceptors (Lipinski definition) is 4. The number of ether oxygens (including phenoxy) is 2. The highest BCUT2D eigenvalue weighted by Gasteiger charge is 2.16. The van der Waals surface area contributed by atoms with Crippen molar-refractivity contribution in [3.63, 3.8) is 0 Å². The minimum Gasteiger partial charge on any atom is -0.396 e. The van der Waals surface area contributed by atoms with Gasteiger partial charge in [-0.15, -0.1) is 0 Å². The van der Waals surface area contributed by atoms with E-state index in [2.05, 4.69) is 36.8 Å². The van der Waals surface area contributed by atoms with Gasteiger partial charge in [0.2, 0.25) is 0 Å². The Morgan fingerprint density at radius 2 is 2.27 bits per heavy atom. The lowest BCUT2D eigenvalue weighted by Gasteiger charge is -2.23. The van der Waals surface area contributed by atoms with Crippen LogP contribution >= 0.6 is 31.9 Å². The summed E-state index contributed by atoms with van der Waals surface area (Å²) in [4.78, 5) is 4.36. The first kappa shape index (κ1) is 16.3. The van der Waals surface area contributed by atoms with Crippen LogP contribution in [0.3, 0.4) is 0 Å². The highest BCUT2D eigenvalue weighted by molar-refractivity contribution is 9.13. The number of imidazole rings is 1. The molecule has 8 heteroatoms. The molecule has 22 heavy (non-hydrogen) atoms. The Labute approximate surface area is 147 Å². The van der Waals surface area contributed by atoms with Crippen LogP contribution in [0.4, 0.5) is 5.69 Å². The molecule has 2 radical (unpaired) electrons. The summed E-state index contributed by atoms with van der Waals surface area (Å²) in [5.41, 5.74) is 8.68. The van der Waals surface area contributed by atoms with Crippen molar-refractivity contribution in [3.8, 4) is 0 Å². The summed E-state index contributed by atoms with van der Waals surface area (Å²) >= 11 is 6.92.